The Bertz CT molecular complexity index is 550. The molecule has 0 N–H and O–H groups in total. The van der Waals surface area contributed by atoms with E-state index in [9.17, 15) is 4.79 Å². The predicted molar refractivity (Wildman–Crippen MR) is 105 cm³/mol. The molecule has 1 aliphatic carbocycles. The average Bonchev–Trinajstić information content (AvgIpc) is 2.63. The number of hydrogen-bond donors (Lipinski definition) is 0. The quantitative estimate of drug-likeness (QED) is 0.504. The van der Waals surface area contributed by atoms with E-state index in [4.69, 9.17) is 4.74 Å². The van der Waals surface area contributed by atoms with Crippen molar-refractivity contribution in [2.45, 2.75) is 97.5 Å². The highest BCUT2D eigenvalue weighted by atomic mass is 16.6. The third-order valence-electron chi connectivity index (χ3n) is 6.53. The average molecular weight is 345 g/mol. The summed E-state index contributed by atoms with van der Waals surface area (Å²) in [5.41, 5.74) is 2.05. The Morgan fingerprint density at radius 3 is 2.16 bits per heavy atom. The Labute approximate surface area is 154 Å². The van der Waals surface area contributed by atoms with Crippen LogP contribution in [0.4, 0.5) is 0 Å². The second-order valence-corrected chi connectivity index (χ2v) is 8.41. The summed E-state index contributed by atoms with van der Waals surface area (Å²) in [7, 11) is 0. The van der Waals surface area contributed by atoms with Crippen LogP contribution in [0, 0.1) is 5.41 Å². The van der Waals surface area contributed by atoms with Crippen molar-refractivity contribution in [2.75, 3.05) is 0 Å². The first-order chi connectivity index (χ1) is 11.9. The first kappa shape index (κ1) is 20.0. The van der Waals surface area contributed by atoms with Gasteiger partial charge in [-0.15, -0.1) is 0 Å². The molecule has 2 heteroatoms. The number of hydrogen-bond acceptors (Lipinski definition) is 2. The van der Waals surface area contributed by atoms with E-state index in [1.807, 2.05) is 12.1 Å². The van der Waals surface area contributed by atoms with Crippen molar-refractivity contribution in [3.05, 3.63) is 35.4 Å². The van der Waals surface area contributed by atoms with Crippen LogP contribution in [0.1, 0.15) is 108 Å². The highest BCUT2D eigenvalue weighted by Gasteiger charge is 2.34. The van der Waals surface area contributed by atoms with E-state index < -0.39 is 0 Å². The zero-order valence-corrected chi connectivity index (χ0v) is 16.9. The summed E-state index contributed by atoms with van der Waals surface area (Å²) < 4.78 is 5.99. The molecule has 0 radical (unpaired) electrons. The summed E-state index contributed by atoms with van der Waals surface area (Å²) in [5, 5.41) is 0. The van der Waals surface area contributed by atoms with Crippen LogP contribution in [-0.2, 0) is 4.74 Å². The molecule has 1 saturated carbocycles. The Morgan fingerprint density at radius 2 is 1.68 bits per heavy atom. The molecule has 2 nitrogen and oxygen atoms in total. The third-order valence-corrected chi connectivity index (χ3v) is 6.53. The summed E-state index contributed by atoms with van der Waals surface area (Å²) in [5.74, 6) is 0.362. The Kier molecular flexibility index (Phi) is 6.71. The van der Waals surface area contributed by atoms with Crippen molar-refractivity contribution in [3.63, 3.8) is 0 Å². The van der Waals surface area contributed by atoms with Gasteiger partial charge in [0.25, 0.3) is 0 Å². The van der Waals surface area contributed by atoms with E-state index in [1.54, 1.807) is 0 Å². The molecule has 0 spiro atoms. The molecule has 1 unspecified atom stereocenters. The van der Waals surface area contributed by atoms with E-state index >= 15 is 0 Å². The lowest BCUT2D eigenvalue weighted by atomic mass is 9.72. The Balaban J connectivity index is 2.12. The van der Waals surface area contributed by atoms with Crippen LogP contribution in [0.15, 0.2) is 24.3 Å². The van der Waals surface area contributed by atoms with Gasteiger partial charge in [-0.1, -0.05) is 59.6 Å². The third kappa shape index (κ3) is 4.65. The zero-order valence-electron chi connectivity index (χ0n) is 16.9. The number of ether oxygens (including phenoxy) is 1. The van der Waals surface area contributed by atoms with Crippen molar-refractivity contribution in [3.8, 4) is 0 Å². The molecule has 2 rings (SSSR count). The van der Waals surface area contributed by atoms with Crippen LogP contribution in [0.3, 0.4) is 0 Å². The maximum absolute atomic E-state index is 12.7. The largest absolute Gasteiger partial charge is 0.455 e. The van der Waals surface area contributed by atoms with Gasteiger partial charge in [0.05, 0.1) is 5.56 Å². The molecule has 0 bridgehead atoms. The van der Waals surface area contributed by atoms with E-state index in [1.165, 1.54) is 24.8 Å². The molecule has 25 heavy (non-hydrogen) atoms. The summed E-state index contributed by atoms with van der Waals surface area (Å²) in [6, 6.07) is 8.17. The lowest BCUT2D eigenvalue weighted by Crippen LogP contribution is -2.36. The number of rotatable bonds is 7. The summed E-state index contributed by atoms with van der Waals surface area (Å²) in [6.07, 6.45) is 8.80. The zero-order chi connectivity index (χ0) is 18.5. The van der Waals surface area contributed by atoms with Crippen LogP contribution >= 0.6 is 0 Å². The molecule has 1 aliphatic rings. The molecule has 1 aromatic carbocycles. The molecule has 0 heterocycles. The molecule has 140 valence electrons. The predicted octanol–water partition coefficient (Wildman–Crippen LogP) is 6.89. The van der Waals surface area contributed by atoms with Gasteiger partial charge in [0.1, 0.15) is 5.60 Å². The van der Waals surface area contributed by atoms with Crippen molar-refractivity contribution >= 4 is 5.97 Å². The van der Waals surface area contributed by atoms with Gasteiger partial charge in [-0.05, 0) is 67.6 Å². The van der Waals surface area contributed by atoms with Crippen LogP contribution in [0.5, 0.6) is 0 Å². The van der Waals surface area contributed by atoms with E-state index in [0.717, 1.165) is 32.1 Å². The second-order valence-electron chi connectivity index (χ2n) is 8.41. The molecule has 0 amide bonds. The van der Waals surface area contributed by atoms with Gasteiger partial charge in [-0.3, -0.25) is 0 Å². The molecular weight excluding hydrogens is 308 g/mol. The summed E-state index contributed by atoms with van der Waals surface area (Å²) >= 11 is 0. The minimum Gasteiger partial charge on any atom is -0.455 e. The topological polar surface area (TPSA) is 26.3 Å². The molecule has 0 aliphatic heterocycles. The van der Waals surface area contributed by atoms with Gasteiger partial charge in [-0.2, -0.15) is 0 Å². The highest BCUT2D eigenvalue weighted by Crippen LogP contribution is 2.40. The van der Waals surface area contributed by atoms with Gasteiger partial charge in [0.2, 0.25) is 0 Å². The molecule has 1 fully saturated rings. The van der Waals surface area contributed by atoms with Gasteiger partial charge in [0.15, 0.2) is 0 Å². The van der Waals surface area contributed by atoms with Crippen molar-refractivity contribution in [2.24, 2.45) is 5.41 Å². The van der Waals surface area contributed by atoms with Crippen molar-refractivity contribution in [1.29, 1.82) is 0 Å². The van der Waals surface area contributed by atoms with Crippen LogP contribution in [0.2, 0.25) is 0 Å². The molecule has 1 atom stereocenters. The Hall–Kier alpha value is -1.31. The van der Waals surface area contributed by atoms with Crippen LogP contribution < -0.4 is 0 Å². The number of esters is 1. The van der Waals surface area contributed by atoms with E-state index in [2.05, 4.69) is 46.8 Å². The van der Waals surface area contributed by atoms with Crippen LogP contribution in [0.25, 0.3) is 0 Å². The van der Waals surface area contributed by atoms with Gasteiger partial charge in [0, 0.05) is 0 Å². The summed E-state index contributed by atoms with van der Waals surface area (Å²) in [4.78, 5) is 12.7. The molecular formula is C23H36O2. The summed E-state index contributed by atoms with van der Waals surface area (Å²) in [6.45, 7) is 11.3. The first-order valence-electron chi connectivity index (χ1n) is 10.2. The fourth-order valence-corrected chi connectivity index (χ4v) is 4.32. The molecule has 0 aromatic heterocycles. The molecule has 1 aromatic rings. The maximum Gasteiger partial charge on any atom is 0.338 e. The maximum atomic E-state index is 12.7. The minimum absolute atomic E-state index is 0.155. The van der Waals surface area contributed by atoms with Gasteiger partial charge in [-0.25, -0.2) is 4.79 Å². The number of benzene rings is 1. The normalized spacial score (nSPS) is 18.6. The minimum atomic E-state index is -0.232. The van der Waals surface area contributed by atoms with Gasteiger partial charge < -0.3 is 4.74 Å². The van der Waals surface area contributed by atoms with E-state index in [0.29, 0.717) is 11.5 Å². The Morgan fingerprint density at radius 1 is 1.08 bits per heavy atom. The monoisotopic (exact) mass is 344 g/mol. The highest BCUT2D eigenvalue weighted by molar-refractivity contribution is 5.89. The van der Waals surface area contributed by atoms with E-state index in [-0.39, 0.29) is 17.0 Å². The van der Waals surface area contributed by atoms with Gasteiger partial charge >= 0.3 is 5.97 Å². The second kappa shape index (κ2) is 8.38. The first-order valence-corrected chi connectivity index (χ1v) is 10.2. The fourth-order valence-electron chi connectivity index (χ4n) is 4.32. The SMILES string of the molecule is CCC(c1ccc(C(=O)OC2(CC)CCCCC2)cc1)C(C)(C)CC. The standard InChI is InChI=1S/C23H36O2/c1-6-20(22(4,5)7-2)18-12-14-19(15-13-18)21(24)25-23(8-3)16-10-9-11-17-23/h12-15,20H,6-11,16-17H2,1-5H3. The van der Waals surface area contributed by atoms with Crippen molar-refractivity contribution in [1.82, 2.24) is 0 Å². The fraction of sp³-hybridized carbons (Fsp3) is 0.696. The van der Waals surface area contributed by atoms with Crippen LogP contribution in [-0.4, -0.2) is 11.6 Å². The number of carbonyl (C=O) groups excluding carboxylic acids is 1. The number of carbonyl (C=O) groups is 1. The lowest BCUT2D eigenvalue weighted by Gasteiger charge is -2.36. The lowest BCUT2D eigenvalue weighted by molar-refractivity contribution is -0.0397. The molecule has 0 saturated heterocycles. The van der Waals surface area contributed by atoms with Crippen molar-refractivity contribution < 1.29 is 9.53 Å². The smallest absolute Gasteiger partial charge is 0.338 e.